The number of ether oxygens (including phenoxy) is 3. The minimum atomic E-state index is -3.81. The highest BCUT2D eigenvalue weighted by molar-refractivity contribution is 7.89. The van der Waals surface area contributed by atoms with Gasteiger partial charge in [-0.05, 0) is 69.0 Å². The summed E-state index contributed by atoms with van der Waals surface area (Å²) in [5.41, 5.74) is 1.54. The highest BCUT2D eigenvalue weighted by atomic mass is 35.5. The van der Waals surface area contributed by atoms with Gasteiger partial charge < -0.3 is 19.5 Å². The van der Waals surface area contributed by atoms with Gasteiger partial charge in [0.1, 0.15) is 5.75 Å². The fourth-order valence-corrected chi connectivity index (χ4v) is 6.41. The molecule has 0 spiro atoms. The van der Waals surface area contributed by atoms with Crippen LogP contribution in [-0.2, 0) is 30.7 Å². The molecule has 0 aliphatic carbocycles. The monoisotopic (exact) mass is 692 g/mol. The number of halogens is 1. The second-order valence-corrected chi connectivity index (χ2v) is 13.9. The molecule has 0 aliphatic rings. The maximum Gasteiger partial charge on any atom is 0.336 e. The zero-order valence-electron chi connectivity index (χ0n) is 28.8. The quantitative estimate of drug-likeness (QED) is 0.0416. The molecule has 0 amide bonds. The molecular formula is C37H57ClN2O6S. The Labute approximate surface area is 289 Å². The lowest BCUT2D eigenvalue weighted by atomic mass is 10.0. The second-order valence-electron chi connectivity index (χ2n) is 11.7. The van der Waals surface area contributed by atoms with Crippen LogP contribution in [0.2, 0.25) is 5.02 Å². The van der Waals surface area contributed by atoms with E-state index >= 15 is 0 Å². The molecule has 2 aromatic rings. The van der Waals surface area contributed by atoms with Crippen molar-refractivity contribution in [1.82, 2.24) is 4.72 Å². The highest BCUT2D eigenvalue weighted by Gasteiger charge is 2.17. The number of nitrogens with one attached hydrogen (secondary N) is 2. The van der Waals surface area contributed by atoms with Gasteiger partial charge >= 0.3 is 5.97 Å². The highest BCUT2D eigenvalue weighted by Crippen LogP contribution is 2.27. The van der Waals surface area contributed by atoms with E-state index in [2.05, 4.69) is 29.1 Å². The number of rotatable bonds is 27. The van der Waals surface area contributed by atoms with Crippen LogP contribution in [0, 0.1) is 0 Å². The van der Waals surface area contributed by atoms with E-state index in [0.717, 1.165) is 18.2 Å². The van der Waals surface area contributed by atoms with Crippen molar-refractivity contribution in [3.05, 3.63) is 65.0 Å². The van der Waals surface area contributed by atoms with Crippen molar-refractivity contribution in [1.29, 1.82) is 0 Å². The summed E-state index contributed by atoms with van der Waals surface area (Å²) in [5.74, 6) is 0.309. The van der Waals surface area contributed by atoms with Gasteiger partial charge in [0, 0.05) is 6.54 Å². The number of hydrogen-bond donors (Lipinski definition) is 2. The number of sulfonamides is 1. The number of hydrogen-bond acceptors (Lipinski definition) is 7. The molecule has 2 N–H and O–H groups in total. The fraction of sp³-hybridized carbons (Fsp3) is 0.595. The van der Waals surface area contributed by atoms with E-state index in [1.165, 1.54) is 107 Å². The largest absolute Gasteiger partial charge is 0.494 e. The van der Waals surface area contributed by atoms with Crippen LogP contribution in [0.3, 0.4) is 0 Å². The number of benzene rings is 2. The van der Waals surface area contributed by atoms with Crippen molar-refractivity contribution in [2.75, 3.05) is 31.7 Å². The lowest BCUT2D eigenvalue weighted by molar-refractivity contribution is -0.137. The molecule has 8 nitrogen and oxygen atoms in total. The molecule has 0 heterocycles. The summed E-state index contributed by atoms with van der Waals surface area (Å²) >= 11 is 6.29. The van der Waals surface area contributed by atoms with Crippen LogP contribution in [-0.4, -0.2) is 40.8 Å². The maximum absolute atomic E-state index is 13.0. The molecule has 0 bridgehead atoms. The van der Waals surface area contributed by atoms with Gasteiger partial charge in [-0.2, -0.15) is 0 Å². The number of carbonyl (C=O) groups excluding carboxylic acids is 1. The third-order valence-corrected chi connectivity index (χ3v) is 9.48. The summed E-state index contributed by atoms with van der Waals surface area (Å²) in [6.45, 7) is 6.81. The lowest BCUT2D eigenvalue weighted by Crippen LogP contribution is -2.26. The standard InChI is InChI=1S/C37H57ClN2O6S/c1-4-7-8-9-10-11-12-13-14-15-16-17-18-21-31-22-19-23-32(28-31)46-27-20-26-39-47(42,43)33-24-25-34(38)35(29-33)40-36(44-5-2)30-37(41)45-6-3/h19,22-25,28-30,39-40H,4-18,20-21,26-27H2,1-3H3/b36-30-. The van der Waals surface area contributed by atoms with Gasteiger partial charge in [0.25, 0.3) is 0 Å². The van der Waals surface area contributed by atoms with Gasteiger partial charge in [0.15, 0.2) is 5.88 Å². The summed E-state index contributed by atoms with van der Waals surface area (Å²) < 4.78 is 44.8. The molecule has 0 atom stereocenters. The van der Waals surface area contributed by atoms with E-state index in [-0.39, 0.29) is 41.2 Å². The van der Waals surface area contributed by atoms with E-state index in [1.807, 2.05) is 12.1 Å². The number of anilines is 1. The van der Waals surface area contributed by atoms with Crippen LogP contribution in [0.4, 0.5) is 5.69 Å². The molecule has 0 saturated heterocycles. The first-order valence-electron chi connectivity index (χ1n) is 17.6. The van der Waals surface area contributed by atoms with Crippen LogP contribution in [0.5, 0.6) is 5.75 Å². The zero-order chi connectivity index (χ0) is 34.2. The Morgan fingerprint density at radius 3 is 2.06 bits per heavy atom. The molecule has 0 fully saturated rings. The van der Waals surface area contributed by atoms with Gasteiger partial charge in [-0.15, -0.1) is 0 Å². The first kappa shape index (κ1) is 40.4. The van der Waals surface area contributed by atoms with E-state index in [1.54, 1.807) is 13.8 Å². The third kappa shape index (κ3) is 17.8. The van der Waals surface area contributed by atoms with Gasteiger partial charge in [0.2, 0.25) is 10.0 Å². The molecule has 10 heteroatoms. The van der Waals surface area contributed by atoms with Crippen LogP contribution >= 0.6 is 11.6 Å². The van der Waals surface area contributed by atoms with Crippen LogP contribution in [0.25, 0.3) is 0 Å². The fourth-order valence-electron chi connectivity index (χ4n) is 5.15. The Morgan fingerprint density at radius 1 is 0.787 bits per heavy atom. The van der Waals surface area contributed by atoms with Crippen molar-refractivity contribution in [3.8, 4) is 5.75 Å². The van der Waals surface area contributed by atoms with Crippen molar-refractivity contribution in [2.45, 2.75) is 122 Å². The molecular weight excluding hydrogens is 636 g/mol. The average Bonchev–Trinajstić information content (AvgIpc) is 3.04. The van der Waals surface area contributed by atoms with Gasteiger partial charge in [-0.25, -0.2) is 17.9 Å². The van der Waals surface area contributed by atoms with E-state index in [4.69, 9.17) is 25.8 Å². The molecule has 264 valence electrons. The summed E-state index contributed by atoms with van der Waals surface area (Å²) in [6, 6.07) is 12.5. The first-order valence-corrected chi connectivity index (χ1v) is 19.4. The summed E-state index contributed by atoms with van der Waals surface area (Å²) in [6.07, 6.45) is 20.2. The first-order chi connectivity index (χ1) is 22.8. The van der Waals surface area contributed by atoms with Crippen molar-refractivity contribution >= 4 is 33.3 Å². The lowest BCUT2D eigenvalue weighted by Gasteiger charge is -2.14. The molecule has 47 heavy (non-hydrogen) atoms. The third-order valence-electron chi connectivity index (χ3n) is 7.69. The predicted octanol–water partition coefficient (Wildman–Crippen LogP) is 9.57. The van der Waals surface area contributed by atoms with Gasteiger partial charge in [-0.1, -0.05) is 108 Å². The SMILES string of the molecule is CCCCCCCCCCCCCCCc1cccc(OCCCNS(=O)(=O)c2ccc(Cl)c(N/C(=C/C(=O)OCC)OCC)c2)c1. The van der Waals surface area contributed by atoms with Gasteiger partial charge in [0.05, 0.1) is 41.5 Å². The van der Waals surface area contributed by atoms with E-state index < -0.39 is 16.0 Å². The van der Waals surface area contributed by atoms with Crippen molar-refractivity contribution < 1.29 is 27.4 Å². The summed E-state index contributed by atoms with van der Waals surface area (Å²) in [4.78, 5) is 11.9. The number of aryl methyl sites for hydroxylation is 1. The van der Waals surface area contributed by atoms with Crippen LogP contribution in [0.1, 0.15) is 116 Å². The normalized spacial score (nSPS) is 11.8. The molecule has 0 unspecified atom stereocenters. The molecule has 0 aliphatic heterocycles. The van der Waals surface area contributed by atoms with E-state index in [9.17, 15) is 13.2 Å². The Balaban J connectivity index is 1.69. The minimum Gasteiger partial charge on any atom is -0.494 e. The van der Waals surface area contributed by atoms with Crippen molar-refractivity contribution in [3.63, 3.8) is 0 Å². The molecule has 2 aromatic carbocycles. The van der Waals surface area contributed by atoms with Gasteiger partial charge in [-0.3, -0.25) is 0 Å². The van der Waals surface area contributed by atoms with Crippen LogP contribution < -0.4 is 14.8 Å². The Hall–Kier alpha value is -2.75. The number of esters is 1. The summed E-state index contributed by atoms with van der Waals surface area (Å²) in [5, 5.41) is 3.15. The second kappa shape index (κ2) is 24.4. The molecule has 0 saturated carbocycles. The Kier molecular flexibility index (Phi) is 21.0. The molecule has 0 radical (unpaired) electrons. The Bertz CT molecular complexity index is 1300. The van der Waals surface area contributed by atoms with Crippen LogP contribution in [0.15, 0.2) is 59.3 Å². The molecule has 0 aromatic heterocycles. The molecule has 2 rings (SSSR count). The zero-order valence-corrected chi connectivity index (χ0v) is 30.4. The van der Waals surface area contributed by atoms with Crippen molar-refractivity contribution in [2.24, 2.45) is 0 Å². The smallest absolute Gasteiger partial charge is 0.336 e. The number of unbranched alkanes of at least 4 members (excludes halogenated alkanes) is 12. The average molecular weight is 693 g/mol. The topological polar surface area (TPSA) is 103 Å². The van der Waals surface area contributed by atoms with E-state index in [0.29, 0.717) is 13.0 Å². The maximum atomic E-state index is 13.0. The minimum absolute atomic E-state index is 0.0261. The predicted molar refractivity (Wildman–Crippen MR) is 193 cm³/mol. The summed E-state index contributed by atoms with van der Waals surface area (Å²) in [7, 11) is -3.81. The number of carbonyl (C=O) groups is 1. The Morgan fingerprint density at radius 2 is 1.43 bits per heavy atom.